The summed E-state index contributed by atoms with van der Waals surface area (Å²) in [6, 6.07) is 7.29. The summed E-state index contributed by atoms with van der Waals surface area (Å²) in [4.78, 5) is 17.9. The molecule has 0 saturated heterocycles. The third kappa shape index (κ3) is 4.53. The van der Waals surface area contributed by atoms with Crippen molar-refractivity contribution in [3.63, 3.8) is 0 Å². The molecule has 0 aliphatic heterocycles. The Morgan fingerprint density at radius 3 is 2.60 bits per heavy atom. The van der Waals surface area contributed by atoms with Gasteiger partial charge in [0.1, 0.15) is 5.84 Å². The van der Waals surface area contributed by atoms with E-state index in [0.29, 0.717) is 29.7 Å². The molecule has 2 amide bonds. The van der Waals surface area contributed by atoms with Crippen LogP contribution in [-0.4, -0.2) is 23.3 Å². The van der Waals surface area contributed by atoms with Crippen molar-refractivity contribution < 1.29 is 4.79 Å². The fourth-order valence-electron chi connectivity index (χ4n) is 1.91. The Hall–Kier alpha value is -1.55. The summed E-state index contributed by atoms with van der Waals surface area (Å²) in [5.41, 5.74) is 6.71. The van der Waals surface area contributed by atoms with E-state index in [1.54, 1.807) is 4.90 Å². The summed E-state index contributed by atoms with van der Waals surface area (Å²) < 4.78 is 0. The average Bonchev–Trinajstić information content (AvgIpc) is 3.24. The van der Waals surface area contributed by atoms with Gasteiger partial charge >= 0.3 is 6.03 Å². The Balaban J connectivity index is 2.06. The third-order valence-corrected chi connectivity index (χ3v) is 3.59. The van der Waals surface area contributed by atoms with Crippen LogP contribution in [-0.2, 0) is 6.54 Å². The van der Waals surface area contributed by atoms with E-state index in [0.717, 1.165) is 12.1 Å². The summed E-state index contributed by atoms with van der Waals surface area (Å²) in [7, 11) is 0. The fraction of sp³-hybridized carbons (Fsp3) is 0.467. The molecule has 1 fully saturated rings. The zero-order valence-corrected chi connectivity index (χ0v) is 12.4. The van der Waals surface area contributed by atoms with Crippen LogP contribution in [0.2, 0.25) is 5.02 Å². The number of hydrogen-bond donors (Lipinski definition) is 1. The van der Waals surface area contributed by atoms with Gasteiger partial charge < -0.3 is 10.6 Å². The molecule has 1 aliphatic carbocycles. The third-order valence-electron chi connectivity index (χ3n) is 3.33. The number of nitrogens with zero attached hydrogens (tertiary/aromatic N) is 2. The minimum atomic E-state index is -0.244. The summed E-state index contributed by atoms with van der Waals surface area (Å²) in [6.07, 6.45) is 2.97. The molecule has 1 aromatic rings. The van der Waals surface area contributed by atoms with E-state index in [9.17, 15) is 4.79 Å². The summed E-state index contributed by atoms with van der Waals surface area (Å²) >= 11 is 5.87. The highest BCUT2D eigenvalue weighted by atomic mass is 35.5. The summed E-state index contributed by atoms with van der Waals surface area (Å²) in [6.45, 7) is 3.19. The number of amides is 2. The van der Waals surface area contributed by atoms with Gasteiger partial charge in [0.25, 0.3) is 0 Å². The molecule has 20 heavy (non-hydrogen) atoms. The largest absolute Gasteiger partial charge is 0.387 e. The van der Waals surface area contributed by atoms with Crippen LogP contribution in [0.4, 0.5) is 4.79 Å². The fourth-order valence-corrected chi connectivity index (χ4v) is 2.03. The van der Waals surface area contributed by atoms with Crippen LogP contribution in [0.15, 0.2) is 29.3 Å². The zero-order valence-electron chi connectivity index (χ0n) is 11.7. The van der Waals surface area contributed by atoms with Gasteiger partial charge in [0.2, 0.25) is 0 Å². The molecular formula is C15H20ClN3O. The van der Waals surface area contributed by atoms with Gasteiger partial charge in [-0.15, -0.1) is 0 Å². The first kappa shape index (κ1) is 14.9. The Labute approximate surface area is 124 Å². The van der Waals surface area contributed by atoms with E-state index in [1.165, 1.54) is 12.8 Å². The quantitative estimate of drug-likeness (QED) is 0.668. The molecule has 0 radical (unpaired) electrons. The molecule has 108 valence electrons. The number of aliphatic imine (C=N–C) groups is 1. The number of carbonyl (C=O) groups excluding carboxylic acids is 1. The molecule has 0 spiro atoms. The van der Waals surface area contributed by atoms with Gasteiger partial charge in [-0.2, -0.15) is 4.99 Å². The monoisotopic (exact) mass is 293 g/mol. The number of carbonyl (C=O) groups is 1. The van der Waals surface area contributed by atoms with Crippen molar-refractivity contribution in [2.24, 2.45) is 16.6 Å². The number of hydrogen-bond acceptors (Lipinski definition) is 1. The van der Waals surface area contributed by atoms with Crippen molar-refractivity contribution in [1.82, 2.24) is 4.90 Å². The predicted octanol–water partition coefficient (Wildman–Crippen LogP) is 3.44. The van der Waals surface area contributed by atoms with Gasteiger partial charge in [0.05, 0.1) is 0 Å². The van der Waals surface area contributed by atoms with Gasteiger partial charge in [-0.25, -0.2) is 4.79 Å². The molecule has 0 atom stereocenters. The highest BCUT2D eigenvalue weighted by Crippen LogP contribution is 2.30. The minimum Gasteiger partial charge on any atom is -0.387 e. The van der Waals surface area contributed by atoms with E-state index < -0.39 is 0 Å². The number of amidine groups is 1. The van der Waals surface area contributed by atoms with Gasteiger partial charge in [0, 0.05) is 24.5 Å². The maximum Gasteiger partial charge on any atom is 0.345 e. The Kier molecular flexibility index (Phi) is 5.01. The normalized spacial score (nSPS) is 15.2. The Morgan fingerprint density at radius 2 is 2.05 bits per heavy atom. The summed E-state index contributed by atoms with van der Waals surface area (Å²) in [5, 5.41) is 0.696. The molecule has 0 aromatic heterocycles. The number of urea groups is 1. The predicted molar refractivity (Wildman–Crippen MR) is 81.9 cm³/mol. The molecule has 5 heteroatoms. The molecule has 0 unspecified atom stereocenters. The van der Waals surface area contributed by atoms with Gasteiger partial charge in [-0.05, 0) is 36.5 Å². The van der Waals surface area contributed by atoms with Crippen molar-refractivity contribution in [2.75, 3.05) is 6.54 Å². The maximum absolute atomic E-state index is 12.2. The number of halogens is 1. The van der Waals surface area contributed by atoms with Crippen LogP contribution < -0.4 is 5.73 Å². The molecule has 0 bridgehead atoms. The van der Waals surface area contributed by atoms with E-state index in [-0.39, 0.29) is 6.03 Å². The summed E-state index contributed by atoms with van der Waals surface area (Å²) in [5.74, 6) is 0.996. The Morgan fingerprint density at radius 1 is 1.40 bits per heavy atom. The van der Waals surface area contributed by atoms with Crippen LogP contribution in [0.5, 0.6) is 0 Å². The molecule has 2 N–H and O–H groups in total. The molecule has 1 saturated carbocycles. The highest BCUT2D eigenvalue weighted by molar-refractivity contribution is 6.30. The van der Waals surface area contributed by atoms with E-state index in [2.05, 4.69) is 4.99 Å². The van der Waals surface area contributed by atoms with E-state index in [4.69, 9.17) is 17.3 Å². The number of rotatable bonds is 5. The topological polar surface area (TPSA) is 58.7 Å². The van der Waals surface area contributed by atoms with E-state index >= 15 is 0 Å². The first-order valence-electron chi connectivity index (χ1n) is 6.95. The van der Waals surface area contributed by atoms with Crippen LogP contribution in [0.3, 0.4) is 0 Å². The number of nitrogens with two attached hydrogens (primary N) is 1. The van der Waals surface area contributed by atoms with E-state index in [1.807, 2.05) is 31.2 Å². The second kappa shape index (κ2) is 6.75. The highest BCUT2D eigenvalue weighted by Gasteiger charge is 2.26. The molecule has 4 nitrogen and oxygen atoms in total. The van der Waals surface area contributed by atoms with Crippen molar-refractivity contribution in [1.29, 1.82) is 0 Å². The van der Waals surface area contributed by atoms with Crippen LogP contribution >= 0.6 is 11.6 Å². The molecule has 2 rings (SSSR count). The number of benzene rings is 1. The standard InChI is InChI=1S/C15H20ClN3O/c1-2-14(17)18-15(20)19(9-11-3-4-11)10-12-5-7-13(16)8-6-12/h5-8,11H,2-4,9-10H2,1H3,(H2,17,18,20). The van der Waals surface area contributed by atoms with Crippen LogP contribution in [0.1, 0.15) is 31.7 Å². The van der Waals surface area contributed by atoms with Crippen LogP contribution in [0.25, 0.3) is 0 Å². The Bertz CT molecular complexity index is 494. The second-order valence-corrected chi connectivity index (χ2v) is 5.63. The molecule has 0 heterocycles. The molecule has 1 aliphatic rings. The first-order valence-corrected chi connectivity index (χ1v) is 7.32. The van der Waals surface area contributed by atoms with Crippen molar-refractivity contribution in [2.45, 2.75) is 32.7 Å². The molecular weight excluding hydrogens is 274 g/mol. The first-order chi connectivity index (χ1) is 9.58. The average molecular weight is 294 g/mol. The lowest BCUT2D eigenvalue weighted by atomic mass is 10.2. The maximum atomic E-state index is 12.2. The lowest BCUT2D eigenvalue weighted by Gasteiger charge is -2.20. The van der Waals surface area contributed by atoms with Crippen LogP contribution in [0, 0.1) is 5.92 Å². The molecule has 1 aromatic carbocycles. The van der Waals surface area contributed by atoms with Gasteiger partial charge in [-0.3, -0.25) is 0 Å². The lowest BCUT2D eigenvalue weighted by Crippen LogP contribution is -2.31. The second-order valence-electron chi connectivity index (χ2n) is 5.19. The smallest absolute Gasteiger partial charge is 0.345 e. The zero-order chi connectivity index (χ0) is 14.5. The van der Waals surface area contributed by atoms with Gasteiger partial charge in [-0.1, -0.05) is 30.7 Å². The minimum absolute atomic E-state index is 0.244. The van der Waals surface area contributed by atoms with Gasteiger partial charge in [0.15, 0.2) is 0 Å². The SMILES string of the molecule is CC/C(N)=N/C(=O)N(Cc1ccc(Cl)cc1)CC1CC1. The van der Waals surface area contributed by atoms with Crippen molar-refractivity contribution >= 4 is 23.5 Å². The lowest BCUT2D eigenvalue weighted by molar-refractivity contribution is 0.202. The van der Waals surface area contributed by atoms with Crippen molar-refractivity contribution in [3.05, 3.63) is 34.9 Å². The van der Waals surface area contributed by atoms with Crippen molar-refractivity contribution in [3.8, 4) is 0 Å².